The van der Waals surface area contributed by atoms with Crippen molar-refractivity contribution < 1.29 is 9.13 Å². The molecule has 0 fully saturated rings. The summed E-state index contributed by atoms with van der Waals surface area (Å²) < 4.78 is 18.8. The van der Waals surface area contributed by atoms with E-state index in [2.05, 4.69) is 5.32 Å². The summed E-state index contributed by atoms with van der Waals surface area (Å²) in [5.74, 6) is 0.205. The minimum absolute atomic E-state index is 0.322. The predicted molar refractivity (Wildman–Crippen MR) is 76.8 cm³/mol. The summed E-state index contributed by atoms with van der Waals surface area (Å²) in [5.41, 5.74) is 8.10. The van der Waals surface area contributed by atoms with Gasteiger partial charge in [-0.2, -0.15) is 0 Å². The van der Waals surface area contributed by atoms with Crippen molar-refractivity contribution in [3.05, 3.63) is 46.7 Å². The van der Waals surface area contributed by atoms with Crippen molar-refractivity contribution in [2.45, 2.75) is 6.92 Å². The second-order valence-corrected chi connectivity index (χ2v) is 4.57. The van der Waals surface area contributed by atoms with Gasteiger partial charge in [0.2, 0.25) is 0 Å². The molecule has 0 radical (unpaired) electrons. The highest BCUT2D eigenvalue weighted by Gasteiger charge is 2.08. The standard InChI is InChI=1S/C14H14ClFN2O/c1-8-5-12(17)10(15)7-13(8)18-14-6-9(19-2)3-4-11(14)16/h3-7,18H,17H2,1-2H3. The zero-order chi connectivity index (χ0) is 14.0. The minimum Gasteiger partial charge on any atom is -0.497 e. The van der Waals surface area contributed by atoms with Gasteiger partial charge in [0.25, 0.3) is 0 Å². The average molecular weight is 281 g/mol. The van der Waals surface area contributed by atoms with Crippen LogP contribution in [0.3, 0.4) is 0 Å². The van der Waals surface area contributed by atoms with Gasteiger partial charge in [0.1, 0.15) is 11.6 Å². The second kappa shape index (κ2) is 5.36. The van der Waals surface area contributed by atoms with Crippen LogP contribution in [0.4, 0.5) is 21.5 Å². The van der Waals surface area contributed by atoms with Gasteiger partial charge in [0.05, 0.1) is 23.5 Å². The molecular weight excluding hydrogens is 267 g/mol. The Morgan fingerprint density at radius 3 is 2.63 bits per heavy atom. The van der Waals surface area contributed by atoms with Crippen LogP contribution < -0.4 is 15.8 Å². The van der Waals surface area contributed by atoms with Crippen molar-refractivity contribution in [1.29, 1.82) is 0 Å². The van der Waals surface area contributed by atoms with Gasteiger partial charge in [0, 0.05) is 11.8 Å². The summed E-state index contributed by atoms with van der Waals surface area (Å²) in [7, 11) is 1.53. The summed E-state index contributed by atoms with van der Waals surface area (Å²) in [6, 6.07) is 7.89. The van der Waals surface area contributed by atoms with Crippen LogP contribution in [0.15, 0.2) is 30.3 Å². The van der Waals surface area contributed by atoms with Crippen molar-refractivity contribution in [3.8, 4) is 5.75 Å². The number of ether oxygens (including phenoxy) is 1. The first-order valence-electron chi connectivity index (χ1n) is 5.67. The highest BCUT2D eigenvalue weighted by Crippen LogP contribution is 2.31. The van der Waals surface area contributed by atoms with E-state index in [1.807, 2.05) is 6.92 Å². The van der Waals surface area contributed by atoms with E-state index >= 15 is 0 Å². The average Bonchev–Trinajstić information content (AvgIpc) is 2.38. The molecule has 0 atom stereocenters. The van der Waals surface area contributed by atoms with E-state index < -0.39 is 0 Å². The monoisotopic (exact) mass is 280 g/mol. The first-order valence-corrected chi connectivity index (χ1v) is 6.05. The van der Waals surface area contributed by atoms with E-state index in [-0.39, 0.29) is 5.82 Å². The van der Waals surface area contributed by atoms with Gasteiger partial charge >= 0.3 is 0 Å². The lowest BCUT2D eigenvalue weighted by Crippen LogP contribution is -1.98. The molecule has 2 aromatic carbocycles. The Hall–Kier alpha value is -1.94. The zero-order valence-corrected chi connectivity index (χ0v) is 11.4. The van der Waals surface area contributed by atoms with Crippen molar-refractivity contribution in [1.82, 2.24) is 0 Å². The third-order valence-electron chi connectivity index (χ3n) is 2.79. The van der Waals surface area contributed by atoms with Gasteiger partial charge in [-0.25, -0.2) is 4.39 Å². The van der Waals surface area contributed by atoms with E-state index in [1.165, 1.54) is 13.2 Å². The maximum Gasteiger partial charge on any atom is 0.146 e. The maximum absolute atomic E-state index is 13.7. The first kappa shape index (κ1) is 13.5. The fourth-order valence-corrected chi connectivity index (χ4v) is 1.87. The first-order chi connectivity index (χ1) is 9.01. The molecule has 0 bridgehead atoms. The van der Waals surface area contributed by atoms with Gasteiger partial charge in [-0.15, -0.1) is 0 Å². The molecule has 3 nitrogen and oxygen atoms in total. The Balaban J connectivity index is 2.38. The number of hydrogen-bond donors (Lipinski definition) is 2. The van der Waals surface area contributed by atoms with Crippen LogP contribution in [-0.2, 0) is 0 Å². The van der Waals surface area contributed by atoms with Gasteiger partial charge < -0.3 is 15.8 Å². The molecule has 2 aromatic rings. The molecule has 5 heteroatoms. The van der Waals surface area contributed by atoms with Crippen LogP contribution in [0, 0.1) is 12.7 Å². The number of halogens is 2. The number of hydrogen-bond acceptors (Lipinski definition) is 3. The lowest BCUT2D eigenvalue weighted by atomic mass is 10.1. The van der Waals surface area contributed by atoms with Gasteiger partial charge in [-0.3, -0.25) is 0 Å². The number of methoxy groups -OCH3 is 1. The normalized spacial score (nSPS) is 10.3. The van der Waals surface area contributed by atoms with Gasteiger partial charge in [-0.05, 0) is 36.8 Å². The number of benzene rings is 2. The fourth-order valence-electron chi connectivity index (χ4n) is 1.71. The Kier molecular flexibility index (Phi) is 3.81. The molecule has 0 unspecified atom stereocenters. The summed E-state index contributed by atoms with van der Waals surface area (Å²) in [6.45, 7) is 1.87. The van der Waals surface area contributed by atoms with Crippen LogP contribution in [0.25, 0.3) is 0 Å². The second-order valence-electron chi connectivity index (χ2n) is 4.16. The summed E-state index contributed by atoms with van der Waals surface area (Å²) in [6.07, 6.45) is 0. The molecule has 0 saturated heterocycles. The van der Waals surface area contributed by atoms with Crippen LogP contribution in [-0.4, -0.2) is 7.11 Å². The van der Waals surface area contributed by atoms with Crippen molar-refractivity contribution >= 4 is 28.7 Å². The summed E-state index contributed by atoms with van der Waals surface area (Å²) in [4.78, 5) is 0. The third-order valence-corrected chi connectivity index (χ3v) is 3.11. The Bertz CT molecular complexity index is 617. The molecule has 19 heavy (non-hydrogen) atoms. The molecule has 0 spiro atoms. The van der Waals surface area contributed by atoms with E-state index in [4.69, 9.17) is 22.1 Å². The molecular formula is C14H14ClFN2O. The Labute approximate surface area is 116 Å². The number of nitrogen functional groups attached to an aromatic ring is 1. The Morgan fingerprint density at radius 1 is 1.21 bits per heavy atom. The lowest BCUT2D eigenvalue weighted by Gasteiger charge is -2.13. The molecule has 0 aromatic heterocycles. The van der Waals surface area contributed by atoms with Crippen LogP contribution >= 0.6 is 11.6 Å². The summed E-state index contributed by atoms with van der Waals surface area (Å²) in [5, 5.41) is 3.42. The predicted octanol–water partition coefficient (Wildman–Crippen LogP) is 4.12. The lowest BCUT2D eigenvalue weighted by molar-refractivity contribution is 0.414. The topological polar surface area (TPSA) is 47.3 Å². The van der Waals surface area contributed by atoms with Crippen LogP contribution in [0.2, 0.25) is 5.02 Å². The van der Waals surface area contributed by atoms with Crippen LogP contribution in [0.1, 0.15) is 5.56 Å². The molecule has 0 aliphatic carbocycles. The van der Waals surface area contributed by atoms with E-state index in [0.29, 0.717) is 27.8 Å². The molecule has 0 saturated carbocycles. The number of nitrogens with two attached hydrogens (primary N) is 1. The minimum atomic E-state index is -0.367. The molecule has 0 aliphatic heterocycles. The smallest absolute Gasteiger partial charge is 0.146 e. The third kappa shape index (κ3) is 2.90. The van der Waals surface area contributed by atoms with Crippen molar-refractivity contribution in [2.24, 2.45) is 0 Å². The fraction of sp³-hybridized carbons (Fsp3) is 0.143. The Morgan fingerprint density at radius 2 is 1.95 bits per heavy atom. The molecule has 0 aliphatic rings. The van der Waals surface area contributed by atoms with Crippen LogP contribution in [0.5, 0.6) is 5.75 Å². The number of aryl methyl sites for hydroxylation is 1. The van der Waals surface area contributed by atoms with Crippen molar-refractivity contribution in [3.63, 3.8) is 0 Å². The molecule has 2 rings (SSSR count). The molecule has 0 heterocycles. The highest BCUT2D eigenvalue weighted by molar-refractivity contribution is 6.33. The zero-order valence-electron chi connectivity index (χ0n) is 10.6. The highest BCUT2D eigenvalue weighted by atomic mass is 35.5. The molecule has 3 N–H and O–H groups in total. The van der Waals surface area contributed by atoms with E-state index in [1.54, 1.807) is 24.3 Å². The number of anilines is 3. The number of nitrogens with one attached hydrogen (secondary N) is 1. The maximum atomic E-state index is 13.7. The van der Waals surface area contributed by atoms with E-state index in [9.17, 15) is 4.39 Å². The summed E-state index contributed by atoms with van der Waals surface area (Å²) >= 11 is 5.97. The van der Waals surface area contributed by atoms with E-state index in [0.717, 1.165) is 5.56 Å². The largest absolute Gasteiger partial charge is 0.497 e. The quantitative estimate of drug-likeness (QED) is 0.831. The van der Waals surface area contributed by atoms with Gasteiger partial charge in [0.15, 0.2) is 0 Å². The van der Waals surface area contributed by atoms with Crippen molar-refractivity contribution in [2.75, 3.05) is 18.2 Å². The molecule has 100 valence electrons. The molecule has 0 amide bonds. The van der Waals surface area contributed by atoms with Gasteiger partial charge in [-0.1, -0.05) is 11.6 Å². The number of rotatable bonds is 3. The SMILES string of the molecule is COc1ccc(F)c(Nc2cc(Cl)c(N)cc2C)c1.